The van der Waals surface area contributed by atoms with Crippen LogP contribution >= 0.6 is 0 Å². The number of fused-ring (bicyclic) bond motifs is 1. The highest BCUT2D eigenvalue weighted by Crippen LogP contribution is 2.35. The molecule has 1 aliphatic rings. The first-order valence-corrected chi connectivity index (χ1v) is 7.53. The average molecular weight is 328 g/mol. The van der Waals surface area contributed by atoms with Gasteiger partial charge in [0.1, 0.15) is 17.3 Å². The normalized spacial score (nSPS) is 15.8. The monoisotopic (exact) mass is 328 g/mol. The van der Waals surface area contributed by atoms with Crippen LogP contribution in [0.15, 0.2) is 46.8 Å². The third-order valence-electron chi connectivity index (χ3n) is 3.39. The van der Waals surface area contributed by atoms with Crippen LogP contribution in [-0.2, 0) is 9.53 Å². The van der Waals surface area contributed by atoms with E-state index in [1.54, 1.807) is 44.2 Å². The summed E-state index contributed by atoms with van der Waals surface area (Å²) in [5.74, 6) is 0.821. The summed E-state index contributed by atoms with van der Waals surface area (Å²) in [6.45, 7) is 3.61. The molecule has 1 aliphatic heterocycles. The summed E-state index contributed by atoms with van der Waals surface area (Å²) >= 11 is 0. The third-order valence-corrected chi connectivity index (χ3v) is 3.39. The van der Waals surface area contributed by atoms with Gasteiger partial charge in [0.15, 0.2) is 11.9 Å². The number of ether oxygens (including phenoxy) is 3. The van der Waals surface area contributed by atoms with Gasteiger partial charge < -0.3 is 18.6 Å². The number of hydrogen-bond donors (Lipinski definition) is 0. The summed E-state index contributed by atoms with van der Waals surface area (Å²) < 4.78 is 21.2. The molecule has 3 rings (SSSR count). The van der Waals surface area contributed by atoms with Gasteiger partial charge in [0, 0.05) is 12.1 Å². The van der Waals surface area contributed by atoms with Crippen LogP contribution in [0.5, 0.6) is 11.5 Å². The van der Waals surface area contributed by atoms with Crippen molar-refractivity contribution in [3.05, 3.63) is 53.7 Å². The van der Waals surface area contributed by atoms with Crippen LogP contribution in [0.25, 0.3) is 6.08 Å². The quantitative estimate of drug-likeness (QED) is 0.619. The van der Waals surface area contributed by atoms with Crippen molar-refractivity contribution in [3.63, 3.8) is 0 Å². The van der Waals surface area contributed by atoms with E-state index in [-0.39, 0.29) is 18.1 Å². The molecule has 2 heterocycles. The molecule has 0 bridgehead atoms. The molecular formula is C18H16O6. The van der Waals surface area contributed by atoms with Crippen molar-refractivity contribution in [2.75, 3.05) is 6.61 Å². The predicted molar refractivity (Wildman–Crippen MR) is 84.8 cm³/mol. The van der Waals surface area contributed by atoms with Gasteiger partial charge in [0.2, 0.25) is 5.78 Å². The van der Waals surface area contributed by atoms with E-state index >= 15 is 0 Å². The molecule has 0 aliphatic carbocycles. The van der Waals surface area contributed by atoms with E-state index in [4.69, 9.17) is 18.6 Å². The molecule has 2 aromatic rings. The zero-order valence-corrected chi connectivity index (χ0v) is 13.3. The molecule has 124 valence electrons. The van der Waals surface area contributed by atoms with Crippen molar-refractivity contribution >= 4 is 17.8 Å². The fourth-order valence-electron chi connectivity index (χ4n) is 2.25. The summed E-state index contributed by atoms with van der Waals surface area (Å²) in [6.07, 6.45) is 2.30. The van der Waals surface area contributed by atoms with Crippen LogP contribution in [0, 0.1) is 0 Å². The van der Waals surface area contributed by atoms with E-state index in [9.17, 15) is 9.59 Å². The summed E-state index contributed by atoms with van der Waals surface area (Å²) in [4.78, 5) is 23.9. The number of hydrogen-bond acceptors (Lipinski definition) is 6. The number of furan rings is 1. The van der Waals surface area contributed by atoms with Crippen molar-refractivity contribution in [2.24, 2.45) is 0 Å². The summed E-state index contributed by atoms with van der Waals surface area (Å²) in [5, 5.41) is 0. The second-order valence-electron chi connectivity index (χ2n) is 5.13. The van der Waals surface area contributed by atoms with E-state index in [0.29, 0.717) is 22.8 Å². The van der Waals surface area contributed by atoms with Gasteiger partial charge >= 0.3 is 5.97 Å². The Hall–Kier alpha value is -3.02. The summed E-state index contributed by atoms with van der Waals surface area (Å²) in [5.41, 5.74) is 0.434. The highest BCUT2D eigenvalue weighted by molar-refractivity contribution is 6.14. The number of allylic oxidation sites excluding steroid dienone is 1. The molecule has 1 aromatic heterocycles. The van der Waals surface area contributed by atoms with Gasteiger partial charge in [-0.3, -0.25) is 4.79 Å². The molecule has 0 spiro atoms. The average Bonchev–Trinajstić information content (AvgIpc) is 3.17. The highest BCUT2D eigenvalue weighted by Gasteiger charge is 2.28. The number of Topliss-reactive ketones (excluding diaryl/α,β-unsaturated/α-hetero) is 1. The maximum Gasteiger partial charge on any atom is 0.347 e. The lowest BCUT2D eigenvalue weighted by atomic mass is 10.1. The lowest BCUT2D eigenvalue weighted by Gasteiger charge is -2.13. The van der Waals surface area contributed by atoms with Gasteiger partial charge in [0.25, 0.3) is 0 Å². The van der Waals surface area contributed by atoms with E-state index in [1.807, 2.05) is 0 Å². The zero-order chi connectivity index (χ0) is 17.1. The highest BCUT2D eigenvalue weighted by atomic mass is 16.6. The van der Waals surface area contributed by atoms with Gasteiger partial charge in [-0.1, -0.05) is 0 Å². The molecular weight excluding hydrogens is 312 g/mol. The lowest BCUT2D eigenvalue weighted by Crippen LogP contribution is -2.26. The minimum absolute atomic E-state index is 0.176. The van der Waals surface area contributed by atoms with Gasteiger partial charge in [0.05, 0.1) is 18.4 Å². The molecule has 24 heavy (non-hydrogen) atoms. The Morgan fingerprint density at radius 1 is 1.33 bits per heavy atom. The zero-order valence-electron chi connectivity index (χ0n) is 13.3. The predicted octanol–water partition coefficient (Wildman–Crippen LogP) is 3.23. The van der Waals surface area contributed by atoms with E-state index in [2.05, 4.69) is 0 Å². The summed E-state index contributed by atoms with van der Waals surface area (Å²) in [6, 6.07) is 8.25. The molecule has 6 heteroatoms. The standard InChI is InChI=1S/C18H16O6/c1-3-21-18(20)11(2)23-13-6-7-14-15(10-13)24-16(17(14)19)9-12-5-4-8-22-12/h4-11H,3H2,1-2H3. The SMILES string of the molecule is CCOC(=O)C(C)Oc1ccc2c(c1)OC(=Cc1ccco1)C2=O. The number of benzene rings is 1. The Kier molecular flexibility index (Phi) is 4.37. The number of esters is 1. The Labute approximate surface area is 138 Å². The fourth-order valence-corrected chi connectivity index (χ4v) is 2.25. The van der Waals surface area contributed by atoms with Crippen LogP contribution in [0.2, 0.25) is 0 Å². The maximum absolute atomic E-state index is 12.3. The summed E-state index contributed by atoms with van der Waals surface area (Å²) in [7, 11) is 0. The minimum Gasteiger partial charge on any atom is -0.479 e. The van der Waals surface area contributed by atoms with Crippen LogP contribution in [0.4, 0.5) is 0 Å². The molecule has 1 aromatic carbocycles. The molecule has 0 N–H and O–H groups in total. The van der Waals surface area contributed by atoms with Crippen LogP contribution < -0.4 is 9.47 Å². The van der Waals surface area contributed by atoms with Crippen molar-refractivity contribution < 1.29 is 28.2 Å². The largest absolute Gasteiger partial charge is 0.479 e. The van der Waals surface area contributed by atoms with Crippen LogP contribution in [0.1, 0.15) is 30.0 Å². The van der Waals surface area contributed by atoms with Crippen molar-refractivity contribution in [2.45, 2.75) is 20.0 Å². The Balaban J connectivity index is 1.77. The van der Waals surface area contributed by atoms with Crippen molar-refractivity contribution in [1.29, 1.82) is 0 Å². The second-order valence-corrected chi connectivity index (χ2v) is 5.13. The molecule has 6 nitrogen and oxygen atoms in total. The minimum atomic E-state index is -0.752. The van der Waals surface area contributed by atoms with E-state index in [1.165, 1.54) is 12.3 Å². The first kappa shape index (κ1) is 15.9. The Morgan fingerprint density at radius 2 is 2.17 bits per heavy atom. The van der Waals surface area contributed by atoms with Crippen LogP contribution in [-0.4, -0.2) is 24.5 Å². The first-order valence-electron chi connectivity index (χ1n) is 7.53. The molecule has 0 saturated carbocycles. The molecule has 0 saturated heterocycles. The topological polar surface area (TPSA) is 75.0 Å². The van der Waals surface area contributed by atoms with Gasteiger partial charge in [-0.05, 0) is 38.1 Å². The second kappa shape index (κ2) is 6.62. The van der Waals surface area contributed by atoms with Crippen LogP contribution in [0.3, 0.4) is 0 Å². The van der Waals surface area contributed by atoms with E-state index < -0.39 is 12.1 Å². The number of carbonyl (C=O) groups is 2. The smallest absolute Gasteiger partial charge is 0.347 e. The lowest BCUT2D eigenvalue weighted by molar-refractivity contribution is -0.150. The molecule has 1 atom stereocenters. The molecule has 0 radical (unpaired) electrons. The van der Waals surface area contributed by atoms with E-state index in [0.717, 1.165) is 0 Å². The Morgan fingerprint density at radius 3 is 2.88 bits per heavy atom. The third kappa shape index (κ3) is 3.17. The maximum atomic E-state index is 12.3. The van der Waals surface area contributed by atoms with Gasteiger partial charge in [-0.15, -0.1) is 0 Å². The number of rotatable bonds is 5. The molecule has 0 fully saturated rings. The van der Waals surface area contributed by atoms with Crippen molar-refractivity contribution in [1.82, 2.24) is 0 Å². The molecule has 0 amide bonds. The van der Waals surface area contributed by atoms with Gasteiger partial charge in [-0.25, -0.2) is 4.79 Å². The van der Waals surface area contributed by atoms with Gasteiger partial charge in [-0.2, -0.15) is 0 Å². The Bertz CT molecular complexity index is 788. The van der Waals surface area contributed by atoms with Crippen molar-refractivity contribution in [3.8, 4) is 11.5 Å². The number of carbonyl (C=O) groups excluding carboxylic acids is 2. The first-order chi connectivity index (χ1) is 11.6. The fraction of sp³-hybridized carbons (Fsp3) is 0.222. The number of ketones is 1. The molecule has 1 unspecified atom stereocenters.